The Morgan fingerprint density at radius 3 is 2.24 bits per heavy atom. The highest BCUT2D eigenvalue weighted by Crippen LogP contribution is 2.21. The van der Waals surface area contributed by atoms with Gasteiger partial charge in [-0.05, 0) is 45.6 Å². The maximum atomic E-state index is 12.3. The van der Waals surface area contributed by atoms with Gasteiger partial charge < -0.3 is 9.64 Å². The first kappa shape index (κ1) is 19.2. The van der Waals surface area contributed by atoms with Gasteiger partial charge in [0.15, 0.2) is 5.78 Å². The molecule has 136 valence electrons. The van der Waals surface area contributed by atoms with Crippen molar-refractivity contribution in [2.75, 3.05) is 13.1 Å². The molecule has 1 saturated heterocycles. The van der Waals surface area contributed by atoms with Gasteiger partial charge in [-0.25, -0.2) is 4.79 Å². The number of benzene rings is 1. The first-order valence-corrected chi connectivity index (χ1v) is 8.85. The third kappa shape index (κ3) is 6.00. The minimum Gasteiger partial charge on any atom is -0.444 e. The second-order valence-electron chi connectivity index (χ2n) is 7.51. The Morgan fingerprint density at radius 1 is 1.08 bits per heavy atom. The molecule has 1 aliphatic rings. The fourth-order valence-electron chi connectivity index (χ4n) is 2.90. The monoisotopic (exact) mass is 345 g/mol. The van der Waals surface area contributed by atoms with Gasteiger partial charge in [0, 0.05) is 25.4 Å². The van der Waals surface area contributed by atoms with Crippen LogP contribution in [0.5, 0.6) is 0 Å². The molecule has 5 nitrogen and oxygen atoms in total. The zero-order chi connectivity index (χ0) is 18.4. The number of carbonyl (C=O) groups is 3. The number of likely N-dealkylation sites (tertiary alicyclic amines) is 1. The molecule has 5 heteroatoms. The van der Waals surface area contributed by atoms with Gasteiger partial charge in [-0.3, -0.25) is 9.59 Å². The number of Topliss-reactive ketones (excluding diaryl/α,β-unsaturated/α-hetero) is 2. The first-order valence-electron chi connectivity index (χ1n) is 8.85. The smallest absolute Gasteiger partial charge is 0.410 e. The predicted molar refractivity (Wildman–Crippen MR) is 95.3 cm³/mol. The predicted octanol–water partition coefficient (Wildman–Crippen LogP) is 3.40. The average molecular weight is 345 g/mol. The van der Waals surface area contributed by atoms with Crippen molar-refractivity contribution in [3.05, 3.63) is 35.9 Å². The van der Waals surface area contributed by atoms with Gasteiger partial charge in [-0.2, -0.15) is 0 Å². The highest BCUT2D eigenvalue weighted by Gasteiger charge is 2.32. The lowest BCUT2D eigenvalue weighted by Gasteiger charge is -2.32. The van der Waals surface area contributed by atoms with E-state index >= 15 is 0 Å². The van der Waals surface area contributed by atoms with Crippen LogP contribution in [0, 0.1) is 5.92 Å². The van der Waals surface area contributed by atoms with E-state index in [2.05, 4.69) is 0 Å². The maximum absolute atomic E-state index is 12.3. The van der Waals surface area contributed by atoms with Crippen molar-refractivity contribution in [2.24, 2.45) is 5.92 Å². The van der Waals surface area contributed by atoms with E-state index in [9.17, 15) is 14.4 Å². The lowest BCUT2D eigenvalue weighted by molar-refractivity contribution is -0.139. The molecule has 0 bridgehead atoms. The van der Waals surface area contributed by atoms with Crippen molar-refractivity contribution in [3.63, 3.8) is 0 Å². The van der Waals surface area contributed by atoms with Crippen LogP contribution in [0.4, 0.5) is 4.79 Å². The summed E-state index contributed by atoms with van der Waals surface area (Å²) in [6.45, 7) is 6.39. The van der Waals surface area contributed by atoms with E-state index in [1.165, 1.54) is 0 Å². The number of amides is 1. The van der Waals surface area contributed by atoms with Crippen LogP contribution in [0.15, 0.2) is 30.3 Å². The van der Waals surface area contributed by atoms with Crippen LogP contribution in [-0.4, -0.2) is 41.3 Å². The minimum atomic E-state index is -0.531. The Labute approximate surface area is 149 Å². The quantitative estimate of drug-likeness (QED) is 0.767. The van der Waals surface area contributed by atoms with Gasteiger partial charge in [0.25, 0.3) is 0 Å². The molecule has 0 unspecified atom stereocenters. The first-order chi connectivity index (χ1) is 11.8. The summed E-state index contributed by atoms with van der Waals surface area (Å²) in [5, 5.41) is 0. The molecule has 1 amide bonds. The van der Waals surface area contributed by atoms with E-state index < -0.39 is 5.60 Å². The lowest BCUT2D eigenvalue weighted by Crippen LogP contribution is -2.43. The second kappa shape index (κ2) is 8.28. The van der Waals surface area contributed by atoms with Crippen LogP contribution < -0.4 is 0 Å². The number of hydrogen-bond donors (Lipinski definition) is 0. The molecule has 0 spiro atoms. The summed E-state index contributed by atoms with van der Waals surface area (Å²) in [6.07, 6.45) is 1.52. The summed E-state index contributed by atoms with van der Waals surface area (Å²) in [4.78, 5) is 38.2. The number of nitrogens with zero attached hydrogens (tertiary/aromatic N) is 1. The molecule has 2 rings (SSSR count). The lowest BCUT2D eigenvalue weighted by atomic mass is 9.89. The summed E-state index contributed by atoms with van der Waals surface area (Å²) in [6, 6.07) is 9.69. The Kier molecular flexibility index (Phi) is 6.34. The van der Waals surface area contributed by atoms with Gasteiger partial charge in [-0.15, -0.1) is 0 Å². The zero-order valence-corrected chi connectivity index (χ0v) is 15.3. The van der Waals surface area contributed by atoms with Gasteiger partial charge in [-0.1, -0.05) is 30.3 Å². The zero-order valence-electron chi connectivity index (χ0n) is 15.3. The van der Waals surface area contributed by atoms with Crippen molar-refractivity contribution in [3.8, 4) is 0 Å². The molecule has 1 aromatic carbocycles. The fraction of sp³-hybridized carbons (Fsp3) is 0.550. The molecular weight excluding hydrogens is 318 g/mol. The Morgan fingerprint density at radius 2 is 1.68 bits per heavy atom. The summed E-state index contributed by atoms with van der Waals surface area (Å²) in [5.41, 5.74) is 0.528. The fourth-order valence-corrected chi connectivity index (χ4v) is 2.90. The molecular formula is C20H27NO4. The molecule has 0 aliphatic carbocycles. The van der Waals surface area contributed by atoms with E-state index in [-0.39, 0.29) is 30.0 Å². The van der Waals surface area contributed by atoms with Crippen molar-refractivity contribution < 1.29 is 19.1 Å². The van der Waals surface area contributed by atoms with Gasteiger partial charge in [0.2, 0.25) is 5.78 Å². The highest BCUT2D eigenvalue weighted by molar-refractivity contribution is 6.38. The van der Waals surface area contributed by atoms with Crippen LogP contribution in [-0.2, 0) is 20.7 Å². The van der Waals surface area contributed by atoms with Crippen LogP contribution in [0.2, 0.25) is 0 Å². The third-order valence-electron chi connectivity index (χ3n) is 4.28. The Bertz CT molecular complexity index is 610. The van der Waals surface area contributed by atoms with Crippen molar-refractivity contribution in [1.29, 1.82) is 0 Å². The van der Waals surface area contributed by atoms with E-state index in [4.69, 9.17) is 4.74 Å². The van der Waals surface area contributed by atoms with Crippen molar-refractivity contribution >= 4 is 17.7 Å². The summed E-state index contributed by atoms with van der Waals surface area (Å²) in [7, 11) is 0. The molecule has 0 atom stereocenters. The summed E-state index contributed by atoms with van der Waals surface area (Å²) in [5.74, 6) is -0.874. The van der Waals surface area contributed by atoms with Crippen LogP contribution >= 0.6 is 0 Å². The molecule has 25 heavy (non-hydrogen) atoms. The average Bonchev–Trinajstić information content (AvgIpc) is 2.58. The number of carbonyl (C=O) groups excluding carboxylic acids is 3. The number of ketones is 2. The molecule has 1 fully saturated rings. The standard InChI is InChI=1S/C20H27NO4/c1-20(2,3)25-19(24)21-13-11-16(12-14-21)18(23)17(22)10-9-15-7-5-4-6-8-15/h4-8,16H,9-14H2,1-3H3. The normalized spacial score (nSPS) is 15.7. The third-order valence-corrected chi connectivity index (χ3v) is 4.28. The number of ether oxygens (including phenoxy) is 1. The number of hydrogen-bond acceptors (Lipinski definition) is 4. The molecule has 0 radical (unpaired) electrons. The van der Waals surface area contributed by atoms with E-state index in [1.807, 2.05) is 51.1 Å². The number of rotatable bonds is 5. The summed E-state index contributed by atoms with van der Waals surface area (Å²) < 4.78 is 5.34. The van der Waals surface area contributed by atoms with Crippen LogP contribution in [0.1, 0.15) is 45.6 Å². The van der Waals surface area contributed by atoms with Gasteiger partial charge in [0.05, 0.1) is 0 Å². The molecule has 0 saturated carbocycles. The van der Waals surface area contributed by atoms with E-state index in [1.54, 1.807) is 4.90 Å². The van der Waals surface area contributed by atoms with Crippen LogP contribution in [0.25, 0.3) is 0 Å². The molecule has 0 N–H and O–H groups in total. The molecule has 1 aromatic rings. The Hall–Kier alpha value is -2.17. The summed E-state index contributed by atoms with van der Waals surface area (Å²) >= 11 is 0. The van der Waals surface area contributed by atoms with Crippen LogP contribution in [0.3, 0.4) is 0 Å². The second-order valence-corrected chi connectivity index (χ2v) is 7.51. The maximum Gasteiger partial charge on any atom is 0.410 e. The molecule has 0 aromatic heterocycles. The largest absolute Gasteiger partial charge is 0.444 e. The highest BCUT2D eigenvalue weighted by atomic mass is 16.6. The van der Waals surface area contributed by atoms with Crippen molar-refractivity contribution in [2.45, 2.75) is 52.1 Å². The number of piperidine rings is 1. The van der Waals surface area contributed by atoms with Gasteiger partial charge >= 0.3 is 6.09 Å². The minimum absolute atomic E-state index is 0.245. The van der Waals surface area contributed by atoms with E-state index in [0.29, 0.717) is 32.4 Å². The van der Waals surface area contributed by atoms with Gasteiger partial charge in [0.1, 0.15) is 5.60 Å². The van der Waals surface area contributed by atoms with Crippen molar-refractivity contribution in [1.82, 2.24) is 4.90 Å². The topological polar surface area (TPSA) is 63.7 Å². The number of aryl methyl sites for hydroxylation is 1. The Balaban J connectivity index is 1.78. The molecule has 1 heterocycles. The SMILES string of the molecule is CC(C)(C)OC(=O)N1CCC(C(=O)C(=O)CCc2ccccc2)CC1. The molecule has 1 aliphatic heterocycles. The van der Waals surface area contributed by atoms with E-state index in [0.717, 1.165) is 5.56 Å².